The summed E-state index contributed by atoms with van der Waals surface area (Å²) in [6.45, 7) is 1.52. The molecule has 0 aliphatic carbocycles. The molecule has 6 nitrogen and oxygen atoms in total. The van der Waals surface area contributed by atoms with Crippen molar-refractivity contribution < 1.29 is 14.0 Å². The van der Waals surface area contributed by atoms with E-state index < -0.39 is 0 Å². The highest BCUT2D eigenvalue weighted by molar-refractivity contribution is 5.94. The fourth-order valence-electron chi connectivity index (χ4n) is 3.25. The molecule has 0 saturated heterocycles. The maximum absolute atomic E-state index is 12.9. The smallest absolute Gasteiger partial charge is 0.287 e. The van der Waals surface area contributed by atoms with Gasteiger partial charge in [-0.25, -0.2) is 4.98 Å². The van der Waals surface area contributed by atoms with Crippen molar-refractivity contribution in [3.05, 3.63) is 102 Å². The molecule has 0 aliphatic rings. The van der Waals surface area contributed by atoms with Gasteiger partial charge in [-0.2, -0.15) is 0 Å². The molecule has 2 aromatic heterocycles. The maximum Gasteiger partial charge on any atom is 0.287 e. The summed E-state index contributed by atoms with van der Waals surface area (Å²) in [4.78, 5) is 31.7. The van der Waals surface area contributed by atoms with E-state index in [-0.39, 0.29) is 23.5 Å². The molecule has 4 rings (SSSR count). The first-order valence-corrected chi connectivity index (χ1v) is 9.65. The van der Waals surface area contributed by atoms with Crippen molar-refractivity contribution in [2.75, 3.05) is 0 Å². The molecule has 0 fully saturated rings. The van der Waals surface area contributed by atoms with Crippen LogP contribution in [0.3, 0.4) is 0 Å². The molecule has 4 aromatic rings. The summed E-state index contributed by atoms with van der Waals surface area (Å²) in [5, 5.41) is 3.04. The van der Waals surface area contributed by atoms with Crippen LogP contribution < -0.4 is 5.32 Å². The van der Waals surface area contributed by atoms with E-state index in [4.69, 9.17) is 4.42 Å². The number of rotatable bonds is 7. The lowest BCUT2D eigenvalue weighted by Gasteiger charge is -2.17. The number of Topliss-reactive ketones (excluding diaryl/α,β-unsaturated/α-hetero) is 1. The number of nitrogens with zero attached hydrogens (tertiary/aromatic N) is 1. The number of nitrogens with one attached hydrogen (secondary N) is 2. The first-order chi connectivity index (χ1) is 14.6. The number of benzene rings is 2. The molecule has 0 unspecified atom stereocenters. The molecule has 1 atom stereocenters. The van der Waals surface area contributed by atoms with Gasteiger partial charge < -0.3 is 14.7 Å². The van der Waals surface area contributed by atoms with E-state index in [1.807, 2.05) is 30.3 Å². The van der Waals surface area contributed by atoms with Crippen LogP contribution in [0.15, 0.2) is 83.5 Å². The minimum atomic E-state index is -0.304. The van der Waals surface area contributed by atoms with Crippen LogP contribution in [-0.2, 0) is 6.42 Å². The molecule has 2 heterocycles. The predicted molar refractivity (Wildman–Crippen MR) is 113 cm³/mol. The van der Waals surface area contributed by atoms with E-state index >= 15 is 0 Å². The number of hydrogen-bond donors (Lipinski definition) is 2. The molecule has 0 saturated carbocycles. The Balaban J connectivity index is 1.52. The third-order valence-electron chi connectivity index (χ3n) is 4.87. The molecular weight excluding hydrogens is 378 g/mol. The highest BCUT2D eigenvalue weighted by Gasteiger charge is 2.20. The first kappa shape index (κ1) is 19.4. The summed E-state index contributed by atoms with van der Waals surface area (Å²) in [6, 6.07) is 20.0. The van der Waals surface area contributed by atoms with Crippen LogP contribution in [0.2, 0.25) is 0 Å². The van der Waals surface area contributed by atoms with E-state index in [0.717, 1.165) is 17.0 Å². The van der Waals surface area contributed by atoms with Gasteiger partial charge in [0, 0.05) is 29.9 Å². The number of imidazole rings is 1. The Morgan fingerprint density at radius 3 is 2.47 bits per heavy atom. The third-order valence-corrected chi connectivity index (χ3v) is 4.87. The van der Waals surface area contributed by atoms with Crippen LogP contribution in [0.4, 0.5) is 0 Å². The van der Waals surface area contributed by atoms with Gasteiger partial charge in [-0.15, -0.1) is 0 Å². The number of amides is 1. The van der Waals surface area contributed by atoms with E-state index in [1.165, 1.54) is 6.92 Å². The highest BCUT2D eigenvalue weighted by Crippen LogP contribution is 2.24. The standard InChI is InChI=1S/C24H21N3O3/c1-16(28)17-7-9-19(10-8-17)21-11-12-22(30-21)24(29)27-20(15-23-25-13-14-26-23)18-5-3-2-4-6-18/h2-14,20H,15H2,1H3,(H,25,26)(H,27,29)/t20-/m0/s1. The van der Waals surface area contributed by atoms with Gasteiger partial charge in [0.25, 0.3) is 5.91 Å². The van der Waals surface area contributed by atoms with Crippen LogP contribution in [0, 0.1) is 0 Å². The molecule has 0 bridgehead atoms. The fourth-order valence-corrected chi connectivity index (χ4v) is 3.25. The minimum absolute atomic E-state index is 0.00423. The maximum atomic E-state index is 12.9. The SMILES string of the molecule is CC(=O)c1ccc(-c2ccc(C(=O)N[C@@H](Cc3ncc[nH]3)c3ccccc3)o2)cc1. The topological polar surface area (TPSA) is 88.0 Å². The summed E-state index contributed by atoms with van der Waals surface area (Å²) in [5.41, 5.74) is 2.41. The van der Waals surface area contributed by atoms with Gasteiger partial charge in [0.15, 0.2) is 11.5 Å². The monoisotopic (exact) mass is 399 g/mol. The van der Waals surface area contributed by atoms with Crippen molar-refractivity contribution in [2.45, 2.75) is 19.4 Å². The van der Waals surface area contributed by atoms with Crippen molar-refractivity contribution in [1.82, 2.24) is 15.3 Å². The van der Waals surface area contributed by atoms with E-state index in [2.05, 4.69) is 15.3 Å². The molecule has 150 valence electrons. The summed E-state index contributed by atoms with van der Waals surface area (Å²) in [6.07, 6.45) is 3.98. The quantitative estimate of drug-likeness (QED) is 0.445. The number of H-pyrrole nitrogens is 1. The number of aromatic nitrogens is 2. The average Bonchev–Trinajstić information content (AvgIpc) is 3.46. The molecule has 2 N–H and O–H groups in total. The van der Waals surface area contributed by atoms with Gasteiger partial charge in [-0.1, -0.05) is 54.6 Å². The van der Waals surface area contributed by atoms with Crippen LogP contribution in [0.25, 0.3) is 11.3 Å². The molecule has 6 heteroatoms. The second-order valence-corrected chi connectivity index (χ2v) is 6.97. The zero-order valence-electron chi connectivity index (χ0n) is 16.5. The Hall–Kier alpha value is -3.93. The zero-order valence-corrected chi connectivity index (χ0v) is 16.5. The van der Waals surface area contributed by atoms with Gasteiger partial charge in [0.1, 0.15) is 11.6 Å². The van der Waals surface area contributed by atoms with Crippen LogP contribution in [0.1, 0.15) is 45.3 Å². The van der Waals surface area contributed by atoms with Gasteiger partial charge in [0.2, 0.25) is 0 Å². The molecule has 2 aromatic carbocycles. The highest BCUT2D eigenvalue weighted by atomic mass is 16.3. The number of furan rings is 1. The Labute approximate surface area is 174 Å². The Bertz CT molecular complexity index is 1130. The summed E-state index contributed by atoms with van der Waals surface area (Å²) in [7, 11) is 0. The van der Waals surface area contributed by atoms with Crippen molar-refractivity contribution in [2.24, 2.45) is 0 Å². The van der Waals surface area contributed by atoms with Crippen molar-refractivity contribution in [1.29, 1.82) is 0 Å². The van der Waals surface area contributed by atoms with E-state index in [9.17, 15) is 9.59 Å². The lowest BCUT2D eigenvalue weighted by atomic mass is 10.0. The van der Waals surface area contributed by atoms with Crippen molar-refractivity contribution >= 4 is 11.7 Å². The lowest BCUT2D eigenvalue weighted by molar-refractivity contribution is 0.0908. The van der Waals surface area contributed by atoms with Crippen LogP contribution in [0.5, 0.6) is 0 Å². The second kappa shape index (κ2) is 8.61. The number of hydrogen-bond acceptors (Lipinski definition) is 4. The van der Waals surface area contributed by atoms with Gasteiger partial charge in [0.05, 0.1) is 6.04 Å². The van der Waals surface area contributed by atoms with Gasteiger partial charge in [-0.05, 0) is 24.6 Å². The van der Waals surface area contributed by atoms with Crippen molar-refractivity contribution in [3.8, 4) is 11.3 Å². The Kier molecular flexibility index (Phi) is 5.57. The molecule has 30 heavy (non-hydrogen) atoms. The van der Waals surface area contributed by atoms with Gasteiger partial charge >= 0.3 is 0 Å². The Morgan fingerprint density at radius 2 is 1.80 bits per heavy atom. The second-order valence-electron chi connectivity index (χ2n) is 6.97. The minimum Gasteiger partial charge on any atom is -0.451 e. The normalized spacial score (nSPS) is 11.8. The number of carbonyl (C=O) groups is 2. The van der Waals surface area contributed by atoms with Crippen LogP contribution >= 0.6 is 0 Å². The molecular formula is C24H21N3O3. The zero-order chi connectivity index (χ0) is 20.9. The molecule has 0 radical (unpaired) electrons. The number of carbonyl (C=O) groups excluding carboxylic acids is 2. The summed E-state index contributed by atoms with van der Waals surface area (Å²) in [5.74, 6) is 1.28. The van der Waals surface area contributed by atoms with E-state index in [0.29, 0.717) is 17.7 Å². The predicted octanol–water partition coefficient (Wildman–Crippen LogP) is 4.59. The average molecular weight is 399 g/mol. The van der Waals surface area contributed by atoms with Gasteiger partial charge in [-0.3, -0.25) is 9.59 Å². The fraction of sp³-hybridized carbons (Fsp3) is 0.125. The summed E-state index contributed by atoms with van der Waals surface area (Å²) < 4.78 is 5.78. The molecule has 0 aliphatic heterocycles. The molecule has 0 spiro atoms. The number of aromatic amines is 1. The van der Waals surface area contributed by atoms with E-state index in [1.54, 1.807) is 48.8 Å². The third kappa shape index (κ3) is 4.38. The first-order valence-electron chi connectivity index (χ1n) is 9.65. The van der Waals surface area contributed by atoms with Crippen LogP contribution in [-0.4, -0.2) is 21.7 Å². The summed E-state index contributed by atoms with van der Waals surface area (Å²) >= 11 is 0. The lowest BCUT2D eigenvalue weighted by Crippen LogP contribution is -2.30. The number of ketones is 1. The Morgan fingerprint density at radius 1 is 1.03 bits per heavy atom. The van der Waals surface area contributed by atoms with Crippen molar-refractivity contribution in [3.63, 3.8) is 0 Å². The molecule has 1 amide bonds. The largest absolute Gasteiger partial charge is 0.451 e.